The molecule has 0 radical (unpaired) electrons. The normalized spacial score (nSPS) is 16.0. The van der Waals surface area contributed by atoms with E-state index in [2.05, 4.69) is 5.32 Å². The van der Waals surface area contributed by atoms with Crippen molar-refractivity contribution in [3.05, 3.63) is 53.6 Å². The third-order valence-corrected chi connectivity index (χ3v) is 5.71. The van der Waals surface area contributed by atoms with Crippen molar-refractivity contribution in [3.8, 4) is 11.5 Å². The summed E-state index contributed by atoms with van der Waals surface area (Å²) in [5.74, 6) is 1.17. The quantitative estimate of drug-likeness (QED) is 0.842. The fraction of sp³-hybridized carbons (Fsp3) is 0.316. The van der Waals surface area contributed by atoms with Crippen LogP contribution < -0.4 is 19.1 Å². The van der Waals surface area contributed by atoms with Gasteiger partial charge in [0.2, 0.25) is 10.0 Å². The molecule has 0 saturated heterocycles. The fourth-order valence-electron chi connectivity index (χ4n) is 2.93. The lowest BCUT2D eigenvalue weighted by Gasteiger charge is -2.27. The summed E-state index contributed by atoms with van der Waals surface area (Å²) in [7, 11) is -0.277. The number of anilines is 1. The molecular formula is C19H22N2O5S. The van der Waals surface area contributed by atoms with Crippen molar-refractivity contribution >= 4 is 21.6 Å². The Hall–Kier alpha value is -2.74. The zero-order valence-corrected chi connectivity index (χ0v) is 16.2. The van der Waals surface area contributed by atoms with E-state index in [1.54, 1.807) is 31.4 Å². The first-order valence-corrected chi connectivity index (χ1v) is 10.3. The molecule has 144 valence electrons. The second-order valence-corrected chi connectivity index (χ2v) is 8.43. The number of sulfonamides is 1. The molecule has 7 nitrogen and oxygen atoms in total. The minimum Gasteiger partial charge on any atom is -0.493 e. The molecule has 27 heavy (non-hydrogen) atoms. The van der Waals surface area contributed by atoms with Crippen LogP contribution in [0.4, 0.5) is 5.69 Å². The van der Waals surface area contributed by atoms with Crippen molar-refractivity contribution < 1.29 is 22.7 Å². The number of benzene rings is 2. The fourth-order valence-corrected chi connectivity index (χ4v) is 3.44. The van der Waals surface area contributed by atoms with Gasteiger partial charge in [-0.25, -0.2) is 8.42 Å². The molecule has 0 saturated carbocycles. The van der Waals surface area contributed by atoms with Crippen LogP contribution >= 0.6 is 0 Å². The lowest BCUT2D eigenvalue weighted by molar-refractivity contribution is 0.0914. The van der Waals surface area contributed by atoms with Crippen LogP contribution in [0, 0.1) is 0 Å². The van der Waals surface area contributed by atoms with Crippen LogP contribution in [0.1, 0.15) is 15.9 Å². The molecule has 8 heteroatoms. The third-order valence-electron chi connectivity index (χ3n) is 4.50. The van der Waals surface area contributed by atoms with Crippen molar-refractivity contribution in [2.75, 3.05) is 31.3 Å². The molecule has 0 fully saturated rings. The van der Waals surface area contributed by atoms with Gasteiger partial charge in [0.05, 0.1) is 25.1 Å². The van der Waals surface area contributed by atoms with Crippen molar-refractivity contribution in [3.63, 3.8) is 0 Å². The highest BCUT2D eigenvalue weighted by Gasteiger charge is 2.24. The van der Waals surface area contributed by atoms with Crippen molar-refractivity contribution in [2.45, 2.75) is 12.5 Å². The maximum atomic E-state index is 12.5. The van der Waals surface area contributed by atoms with E-state index in [1.807, 2.05) is 18.2 Å². The number of amides is 1. The minimum absolute atomic E-state index is 0.157. The molecule has 0 spiro atoms. The highest BCUT2D eigenvalue weighted by molar-refractivity contribution is 7.92. The summed E-state index contributed by atoms with van der Waals surface area (Å²) in [5.41, 5.74) is 1.93. The highest BCUT2D eigenvalue weighted by Crippen LogP contribution is 2.34. The standard InChI is InChI=1S/C19H22N2O5S/c1-21(27(3,23)24)16-9-7-13(8-10-16)19(22)20-15-11-14-5-4-6-17(25-2)18(14)26-12-15/h4-10,15H,11-12H2,1-3H3,(H,20,22). The minimum atomic E-state index is -3.34. The van der Waals surface area contributed by atoms with Gasteiger partial charge in [0.1, 0.15) is 6.61 Å². The van der Waals surface area contributed by atoms with Gasteiger partial charge in [0.25, 0.3) is 5.91 Å². The molecular weight excluding hydrogens is 368 g/mol. The topological polar surface area (TPSA) is 84.9 Å². The second-order valence-electron chi connectivity index (χ2n) is 6.41. The Morgan fingerprint density at radius 1 is 1.22 bits per heavy atom. The zero-order valence-electron chi connectivity index (χ0n) is 15.4. The lowest BCUT2D eigenvalue weighted by Crippen LogP contribution is -2.42. The molecule has 0 aromatic heterocycles. The molecule has 1 aliphatic rings. The van der Waals surface area contributed by atoms with E-state index >= 15 is 0 Å². The van der Waals surface area contributed by atoms with Crippen LogP contribution in [-0.2, 0) is 16.4 Å². The van der Waals surface area contributed by atoms with Gasteiger partial charge in [-0.15, -0.1) is 0 Å². The number of ether oxygens (including phenoxy) is 2. The monoisotopic (exact) mass is 390 g/mol. The maximum absolute atomic E-state index is 12.5. The summed E-state index contributed by atoms with van der Waals surface area (Å²) in [6.45, 7) is 0.355. The zero-order chi connectivity index (χ0) is 19.6. The van der Waals surface area contributed by atoms with Gasteiger partial charge >= 0.3 is 0 Å². The molecule has 1 heterocycles. The van der Waals surface area contributed by atoms with Gasteiger partial charge in [0, 0.05) is 18.2 Å². The SMILES string of the molecule is COc1cccc2c1OCC(NC(=O)c1ccc(N(C)S(C)(=O)=O)cc1)C2. The van der Waals surface area contributed by atoms with E-state index in [9.17, 15) is 13.2 Å². The number of para-hydroxylation sites is 1. The van der Waals surface area contributed by atoms with Crippen molar-refractivity contribution in [1.29, 1.82) is 0 Å². The van der Waals surface area contributed by atoms with Crippen LogP contribution in [0.25, 0.3) is 0 Å². The molecule has 1 N–H and O–H groups in total. The second kappa shape index (κ2) is 7.48. The van der Waals surface area contributed by atoms with Gasteiger partial charge in [-0.1, -0.05) is 12.1 Å². The molecule has 1 atom stereocenters. The summed E-state index contributed by atoms with van der Waals surface area (Å²) in [6, 6.07) is 11.9. The van der Waals surface area contributed by atoms with E-state index in [-0.39, 0.29) is 11.9 Å². The van der Waals surface area contributed by atoms with Crippen LogP contribution in [0.3, 0.4) is 0 Å². The average molecular weight is 390 g/mol. The third kappa shape index (κ3) is 4.16. The van der Waals surface area contributed by atoms with E-state index in [0.29, 0.717) is 30.0 Å². The average Bonchev–Trinajstić information content (AvgIpc) is 2.66. The molecule has 1 unspecified atom stereocenters. The first kappa shape index (κ1) is 19.0. The van der Waals surface area contributed by atoms with Gasteiger partial charge in [-0.3, -0.25) is 9.10 Å². The summed E-state index contributed by atoms with van der Waals surface area (Å²) in [4.78, 5) is 12.5. The number of hydrogen-bond acceptors (Lipinski definition) is 5. The molecule has 0 bridgehead atoms. The van der Waals surface area contributed by atoms with Crippen molar-refractivity contribution in [2.24, 2.45) is 0 Å². The predicted octanol–water partition coefficient (Wildman–Crippen LogP) is 1.82. The smallest absolute Gasteiger partial charge is 0.251 e. The van der Waals surface area contributed by atoms with E-state index in [0.717, 1.165) is 21.9 Å². The van der Waals surface area contributed by atoms with Crippen LogP contribution in [0.15, 0.2) is 42.5 Å². The number of methoxy groups -OCH3 is 1. The van der Waals surface area contributed by atoms with Crippen LogP contribution in [0.2, 0.25) is 0 Å². The van der Waals surface area contributed by atoms with E-state index in [4.69, 9.17) is 9.47 Å². The number of fused-ring (bicyclic) bond motifs is 1. The van der Waals surface area contributed by atoms with Crippen LogP contribution in [0.5, 0.6) is 11.5 Å². The first-order valence-electron chi connectivity index (χ1n) is 8.43. The van der Waals surface area contributed by atoms with Gasteiger partial charge in [0.15, 0.2) is 11.5 Å². The molecule has 1 aliphatic heterocycles. The Kier molecular flexibility index (Phi) is 5.27. The summed E-state index contributed by atoms with van der Waals surface area (Å²) < 4.78 is 35.4. The van der Waals surface area contributed by atoms with E-state index in [1.165, 1.54) is 7.05 Å². The molecule has 1 amide bonds. The highest BCUT2D eigenvalue weighted by atomic mass is 32.2. The molecule has 2 aromatic carbocycles. The first-order chi connectivity index (χ1) is 12.8. The summed E-state index contributed by atoms with van der Waals surface area (Å²) >= 11 is 0. The molecule has 2 aromatic rings. The Balaban J connectivity index is 1.67. The largest absolute Gasteiger partial charge is 0.493 e. The van der Waals surface area contributed by atoms with E-state index < -0.39 is 10.0 Å². The van der Waals surface area contributed by atoms with Gasteiger partial charge in [-0.2, -0.15) is 0 Å². The Labute approximate surface area is 158 Å². The number of nitrogens with zero attached hydrogens (tertiary/aromatic N) is 1. The van der Waals surface area contributed by atoms with Crippen LogP contribution in [-0.4, -0.2) is 47.4 Å². The molecule has 0 aliphatic carbocycles. The number of hydrogen-bond donors (Lipinski definition) is 1. The predicted molar refractivity (Wildman–Crippen MR) is 103 cm³/mol. The number of carbonyl (C=O) groups excluding carboxylic acids is 1. The Bertz CT molecular complexity index is 941. The Morgan fingerprint density at radius 3 is 2.56 bits per heavy atom. The lowest BCUT2D eigenvalue weighted by atomic mass is 10.0. The number of rotatable bonds is 5. The molecule has 3 rings (SSSR count). The summed E-state index contributed by atoms with van der Waals surface area (Å²) in [6.07, 6.45) is 1.77. The maximum Gasteiger partial charge on any atom is 0.251 e. The number of nitrogens with one attached hydrogen (secondary N) is 1. The van der Waals surface area contributed by atoms with Crippen molar-refractivity contribution in [1.82, 2.24) is 5.32 Å². The summed E-state index contributed by atoms with van der Waals surface area (Å²) in [5, 5.41) is 2.96. The van der Waals surface area contributed by atoms with Gasteiger partial charge < -0.3 is 14.8 Å². The van der Waals surface area contributed by atoms with Gasteiger partial charge in [-0.05, 0) is 36.8 Å². The Morgan fingerprint density at radius 2 is 1.93 bits per heavy atom. The number of carbonyl (C=O) groups is 1.